The highest BCUT2D eigenvalue weighted by Crippen LogP contribution is 2.24. The van der Waals surface area contributed by atoms with Gasteiger partial charge in [0, 0.05) is 6.07 Å². The Morgan fingerprint density at radius 2 is 2.11 bits per heavy atom. The summed E-state index contributed by atoms with van der Waals surface area (Å²) in [5.74, 6) is -2.73. The molecule has 0 fully saturated rings. The summed E-state index contributed by atoms with van der Waals surface area (Å²) in [6.07, 6.45) is 0. The average molecular weight is 279 g/mol. The van der Waals surface area contributed by atoms with Gasteiger partial charge in [0.05, 0.1) is 16.8 Å². The van der Waals surface area contributed by atoms with E-state index in [9.17, 15) is 13.6 Å². The third kappa shape index (κ3) is 2.53. The molecule has 0 aliphatic rings. The predicted molar refractivity (Wildman–Crippen MR) is 67.8 cm³/mol. The molecule has 1 amide bonds. The first-order chi connectivity index (χ1) is 9.02. The quantitative estimate of drug-likeness (QED) is 0.829. The van der Waals surface area contributed by atoms with Crippen LogP contribution in [-0.2, 0) is 0 Å². The van der Waals surface area contributed by atoms with Crippen molar-refractivity contribution in [3.8, 4) is 6.07 Å². The summed E-state index contributed by atoms with van der Waals surface area (Å²) >= 11 is 1.13. The first-order valence-corrected chi connectivity index (χ1v) is 5.94. The second-order valence-corrected chi connectivity index (χ2v) is 4.50. The third-order valence-corrected chi connectivity index (χ3v) is 3.17. The number of rotatable bonds is 2. The number of amides is 1. The van der Waals surface area contributed by atoms with Crippen LogP contribution in [0.5, 0.6) is 0 Å². The van der Waals surface area contributed by atoms with Crippen molar-refractivity contribution in [2.24, 2.45) is 0 Å². The number of nitriles is 1. The molecule has 0 aliphatic heterocycles. The molecule has 0 saturated heterocycles. The van der Waals surface area contributed by atoms with E-state index in [0.717, 1.165) is 17.4 Å². The van der Waals surface area contributed by atoms with E-state index in [0.29, 0.717) is 11.1 Å². The van der Waals surface area contributed by atoms with E-state index < -0.39 is 17.5 Å². The van der Waals surface area contributed by atoms with Crippen molar-refractivity contribution in [2.45, 2.75) is 0 Å². The van der Waals surface area contributed by atoms with E-state index in [2.05, 4.69) is 5.32 Å². The Hall–Kier alpha value is -2.46. The zero-order valence-electron chi connectivity index (χ0n) is 9.41. The van der Waals surface area contributed by atoms with Crippen LogP contribution < -0.4 is 11.1 Å². The van der Waals surface area contributed by atoms with E-state index >= 15 is 0 Å². The van der Waals surface area contributed by atoms with E-state index in [1.165, 1.54) is 6.07 Å². The maximum absolute atomic E-state index is 13.5. The molecule has 1 aromatic carbocycles. The number of hydrogen-bond acceptors (Lipinski definition) is 4. The van der Waals surface area contributed by atoms with Crippen LogP contribution in [0.15, 0.2) is 23.6 Å². The second-order valence-electron chi connectivity index (χ2n) is 3.58. The molecule has 0 atom stereocenters. The zero-order chi connectivity index (χ0) is 14.0. The van der Waals surface area contributed by atoms with Crippen molar-refractivity contribution in [1.29, 1.82) is 5.26 Å². The van der Waals surface area contributed by atoms with Crippen molar-refractivity contribution >= 4 is 27.9 Å². The normalized spacial score (nSPS) is 9.95. The Balaban J connectivity index is 2.31. The molecule has 96 valence electrons. The van der Waals surface area contributed by atoms with Crippen molar-refractivity contribution < 1.29 is 13.6 Å². The molecule has 4 nitrogen and oxygen atoms in total. The number of benzene rings is 1. The number of nitrogen functional groups attached to an aromatic ring is 1. The number of hydrogen-bond donors (Lipinski definition) is 2. The summed E-state index contributed by atoms with van der Waals surface area (Å²) in [6.45, 7) is 0. The molecule has 2 aromatic rings. The molecule has 7 heteroatoms. The maximum atomic E-state index is 13.5. The number of thiophene rings is 1. The second kappa shape index (κ2) is 5.04. The molecule has 2 rings (SSSR count). The van der Waals surface area contributed by atoms with Gasteiger partial charge >= 0.3 is 0 Å². The summed E-state index contributed by atoms with van der Waals surface area (Å²) in [4.78, 5) is 11.8. The zero-order valence-corrected chi connectivity index (χ0v) is 10.2. The molecular weight excluding hydrogens is 272 g/mol. The van der Waals surface area contributed by atoms with Crippen LogP contribution in [0.1, 0.15) is 15.9 Å². The van der Waals surface area contributed by atoms with Crippen LogP contribution in [0.25, 0.3) is 0 Å². The lowest BCUT2D eigenvalue weighted by atomic mass is 10.1. The largest absolute Gasteiger partial charge is 0.396 e. The van der Waals surface area contributed by atoms with Crippen LogP contribution in [0.3, 0.4) is 0 Å². The maximum Gasteiger partial charge on any atom is 0.259 e. The summed E-state index contributed by atoms with van der Waals surface area (Å²) in [5, 5.41) is 13.1. The van der Waals surface area contributed by atoms with Gasteiger partial charge in [0.25, 0.3) is 5.91 Å². The van der Waals surface area contributed by atoms with E-state index in [4.69, 9.17) is 11.0 Å². The van der Waals surface area contributed by atoms with Gasteiger partial charge in [-0.05, 0) is 17.5 Å². The van der Waals surface area contributed by atoms with Gasteiger partial charge in [-0.3, -0.25) is 4.79 Å². The summed E-state index contributed by atoms with van der Waals surface area (Å²) in [5.41, 5.74) is 4.86. The predicted octanol–water partition coefficient (Wildman–Crippen LogP) is 2.73. The molecule has 0 radical (unpaired) electrons. The number of carbonyl (C=O) groups is 1. The van der Waals surface area contributed by atoms with Crippen LogP contribution in [0.2, 0.25) is 0 Å². The monoisotopic (exact) mass is 279 g/mol. The fourth-order valence-corrected chi connectivity index (χ4v) is 2.14. The first-order valence-electron chi connectivity index (χ1n) is 5.06. The molecular formula is C12H7F2N3OS. The standard InChI is InChI=1S/C12H7F2N3OS/c13-8-4-9(14)10(16)3-7(8)11(18)17-12-6(5-15)1-2-19-12/h1-4H,16H2,(H,17,18). The Morgan fingerprint density at radius 3 is 2.79 bits per heavy atom. The van der Waals surface area contributed by atoms with Crippen LogP contribution in [-0.4, -0.2) is 5.91 Å². The summed E-state index contributed by atoms with van der Waals surface area (Å²) in [6, 6.07) is 4.87. The fourth-order valence-electron chi connectivity index (χ4n) is 1.40. The van der Waals surface area contributed by atoms with Gasteiger partial charge in [-0.1, -0.05) is 0 Å². The summed E-state index contributed by atoms with van der Waals surface area (Å²) < 4.78 is 26.5. The molecule has 19 heavy (non-hydrogen) atoms. The minimum atomic E-state index is -1.01. The Kier molecular flexibility index (Phi) is 3.44. The lowest BCUT2D eigenvalue weighted by Crippen LogP contribution is -2.14. The lowest BCUT2D eigenvalue weighted by molar-refractivity contribution is 0.102. The van der Waals surface area contributed by atoms with Crippen molar-refractivity contribution in [3.63, 3.8) is 0 Å². The first kappa shape index (κ1) is 13.0. The van der Waals surface area contributed by atoms with Crippen LogP contribution in [0.4, 0.5) is 19.5 Å². The number of halogens is 2. The minimum Gasteiger partial charge on any atom is -0.396 e. The Morgan fingerprint density at radius 1 is 1.37 bits per heavy atom. The Labute approximate surface area is 111 Å². The number of nitrogens with zero attached hydrogens (tertiary/aromatic N) is 1. The SMILES string of the molecule is N#Cc1ccsc1NC(=O)c1cc(N)c(F)cc1F. The molecule has 0 aliphatic carbocycles. The number of anilines is 2. The van der Waals surface area contributed by atoms with Gasteiger partial charge in [-0.25, -0.2) is 8.78 Å². The summed E-state index contributed by atoms with van der Waals surface area (Å²) in [7, 11) is 0. The van der Waals surface area contributed by atoms with E-state index in [1.54, 1.807) is 5.38 Å². The van der Waals surface area contributed by atoms with Crippen molar-refractivity contribution in [3.05, 3.63) is 46.3 Å². The molecule has 1 aromatic heterocycles. The third-order valence-electron chi connectivity index (χ3n) is 2.34. The molecule has 0 bridgehead atoms. The number of nitrogens with two attached hydrogens (primary N) is 1. The molecule has 1 heterocycles. The van der Waals surface area contributed by atoms with Gasteiger partial charge in [-0.15, -0.1) is 11.3 Å². The highest BCUT2D eigenvalue weighted by Gasteiger charge is 2.16. The molecule has 3 N–H and O–H groups in total. The van der Waals surface area contributed by atoms with Gasteiger partial charge in [0.15, 0.2) is 0 Å². The number of carbonyl (C=O) groups excluding carboxylic acids is 1. The topological polar surface area (TPSA) is 78.9 Å². The smallest absolute Gasteiger partial charge is 0.259 e. The molecule has 0 unspecified atom stereocenters. The molecule has 0 spiro atoms. The molecule has 0 saturated carbocycles. The van der Waals surface area contributed by atoms with Gasteiger partial charge in [0.2, 0.25) is 0 Å². The van der Waals surface area contributed by atoms with Crippen molar-refractivity contribution in [2.75, 3.05) is 11.1 Å². The highest BCUT2D eigenvalue weighted by atomic mass is 32.1. The average Bonchev–Trinajstić information content (AvgIpc) is 2.80. The van der Waals surface area contributed by atoms with Crippen molar-refractivity contribution in [1.82, 2.24) is 0 Å². The number of nitrogens with one attached hydrogen (secondary N) is 1. The van der Waals surface area contributed by atoms with Gasteiger partial charge in [0.1, 0.15) is 22.7 Å². The minimum absolute atomic E-state index is 0.272. The van der Waals surface area contributed by atoms with Crippen LogP contribution in [0, 0.1) is 23.0 Å². The van der Waals surface area contributed by atoms with E-state index in [-0.39, 0.29) is 16.8 Å². The highest BCUT2D eigenvalue weighted by molar-refractivity contribution is 7.14. The van der Waals surface area contributed by atoms with Crippen LogP contribution >= 0.6 is 11.3 Å². The van der Waals surface area contributed by atoms with Gasteiger partial charge in [-0.2, -0.15) is 5.26 Å². The fraction of sp³-hybridized carbons (Fsp3) is 0. The lowest BCUT2D eigenvalue weighted by Gasteiger charge is -2.06. The van der Waals surface area contributed by atoms with Gasteiger partial charge < -0.3 is 11.1 Å². The Bertz CT molecular complexity index is 691. The van der Waals surface area contributed by atoms with E-state index in [1.807, 2.05) is 6.07 Å².